The molecular formula is C10H8ClFOS. The maximum absolute atomic E-state index is 13.4. The molecule has 0 radical (unpaired) electrons. The summed E-state index contributed by atoms with van der Waals surface area (Å²) >= 11 is 7.22. The van der Waals surface area contributed by atoms with Gasteiger partial charge in [0.15, 0.2) is 0 Å². The SMILES string of the molecule is OCc1c(F)cc2sccc2c1CCl. The molecule has 0 amide bonds. The summed E-state index contributed by atoms with van der Waals surface area (Å²) in [5.74, 6) is -0.154. The maximum Gasteiger partial charge on any atom is 0.130 e. The van der Waals surface area contributed by atoms with Crippen molar-refractivity contribution in [2.24, 2.45) is 0 Å². The summed E-state index contributed by atoms with van der Waals surface area (Å²) in [6.45, 7) is -0.306. The van der Waals surface area contributed by atoms with E-state index in [1.165, 1.54) is 17.4 Å². The van der Waals surface area contributed by atoms with Crippen LogP contribution < -0.4 is 0 Å². The molecule has 0 unspecified atom stereocenters. The molecule has 0 bridgehead atoms. The molecule has 14 heavy (non-hydrogen) atoms. The highest BCUT2D eigenvalue weighted by Crippen LogP contribution is 2.30. The smallest absolute Gasteiger partial charge is 0.130 e. The van der Waals surface area contributed by atoms with Crippen LogP contribution in [0.3, 0.4) is 0 Å². The van der Waals surface area contributed by atoms with Crippen molar-refractivity contribution in [3.8, 4) is 0 Å². The third kappa shape index (κ3) is 1.41. The van der Waals surface area contributed by atoms with E-state index in [-0.39, 0.29) is 18.3 Å². The molecule has 1 aromatic carbocycles. The summed E-state index contributed by atoms with van der Waals surface area (Å²) in [7, 11) is 0. The Morgan fingerprint density at radius 2 is 2.21 bits per heavy atom. The lowest BCUT2D eigenvalue weighted by molar-refractivity contribution is 0.275. The first-order chi connectivity index (χ1) is 6.77. The molecule has 2 rings (SSSR count). The van der Waals surface area contributed by atoms with Gasteiger partial charge in [0, 0.05) is 16.1 Å². The molecule has 0 atom stereocenters. The summed E-state index contributed by atoms with van der Waals surface area (Å²) in [6, 6.07) is 3.35. The van der Waals surface area contributed by atoms with Gasteiger partial charge in [-0.15, -0.1) is 22.9 Å². The third-order valence-electron chi connectivity index (χ3n) is 2.22. The first kappa shape index (κ1) is 9.90. The molecule has 0 aliphatic rings. The van der Waals surface area contributed by atoms with E-state index in [1.54, 1.807) is 0 Å². The Morgan fingerprint density at radius 3 is 2.86 bits per heavy atom. The molecule has 0 saturated heterocycles. The van der Waals surface area contributed by atoms with Gasteiger partial charge in [-0.25, -0.2) is 4.39 Å². The number of hydrogen-bond donors (Lipinski definition) is 1. The number of fused-ring (bicyclic) bond motifs is 1. The molecule has 74 valence electrons. The lowest BCUT2D eigenvalue weighted by atomic mass is 10.0. The second kappa shape index (κ2) is 3.85. The number of thiophene rings is 1. The van der Waals surface area contributed by atoms with Crippen LogP contribution in [0.1, 0.15) is 11.1 Å². The maximum atomic E-state index is 13.4. The van der Waals surface area contributed by atoms with Crippen LogP contribution in [0.5, 0.6) is 0 Å². The second-order valence-corrected chi connectivity index (χ2v) is 4.15. The van der Waals surface area contributed by atoms with Crippen LogP contribution in [-0.4, -0.2) is 5.11 Å². The minimum absolute atomic E-state index is 0.223. The van der Waals surface area contributed by atoms with Gasteiger partial charge in [0.05, 0.1) is 6.61 Å². The van der Waals surface area contributed by atoms with Gasteiger partial charge in [0.2, 0.25) is 0 Å². The summed E-state index contributed by atoms with van der Waals surface area (Å²) in [4.78, 5) is 0. The largest absolute Gasteiger partial charge is 0.392 e. The van der Waals surface area contributed by atoms with Crippen LogP contribution in [0.15, 0.2) is 17.5 Å². The normalized spacial score (nSPS) is 11.1. The summed E-state index contributed by atoms with van der Waals surface area (Å²) in [6.07, 6.45) is 0. The van der Waals surface area contributed by atoms with E-state index in [1.807, 2.05) is 11.4 Å². The van der Waals surface area contributed by atoms with Gasteiger partial charge in [-0.3, -0.25) is 0 Å². The zero-order chi connectivity index (χ0) is 10.1. The molecular weight excluding hydrogens is 223 g/mol. The first-order valence-electron chi connectivity index (χ1n) is 4.12. The van der Waals surface area contributed by atoms with Gasteiger partial charge in [0.1, 0.15) is 5.82 Å². The zero-order valence-electron chi connectivity index (χ0n) is 7.26. The van der Waals surface area contributed by atoms with Crippen LogP contribution in [-0.2, 0) is 12.5 Å². The Balaban J connectivity index is 2.82. The van der Waals surface area contributed by atoms with E-state index in [0.717, 1.165) is 10.1 Å². The average molecular weight is 231 g/mol. The Labute approximate surface area is 89.7 Å². The molecule has 0 fully saturated rings. The molecule has 0 aliphatic heterocycles. The number of benzene rings is 1. The first-order valence-corrected chi connectivity index (χ1v) is 5.53. The Kier molecular flexibility index (Phi) is 2.72. The van der Waals surface area contributed by atoms with E-state index in [0.29, 0.717) is 11.1 Å². The van der Waals surface area contributed by atoms with E-state index >= 15 is 0 Å². The van der Waals surface area contributed by atoms with Gasteiger partial charge >= 0.3 is 0 Å². The number of halogens is 2. The van der Waals surface area contributed by atoms with Crippen molar-refractivity contribution in [3.05, 3.63) is 34.5 Å². The van der Waals surface area contributed by atoms with Crippen molar-refractivity contribution in [2.45, 2.75) is 12.5 Å². The van der Waals surface area contributed by atoms with Gasteiger partial charge in [-0.1, -0.05) is 0 Å². The Bertz CT molecular complexity index is 466. The van der Waals surface area contributed by atoms with E-state index in [2.05, 4.69) is 0 Å². The number of hydrogen-bond acceptors (Lipinski definition) is 2. The van der Waals surface area contributed by atoms with Crippen molar-refractivity contribution >= 4 is 33.0 Å². The van der Waals surface area contributed by atoms with Gasteiger partial charge in [-0.2, -0.15) is 0 Å². The molecule has 1 heterocycles. The molecule has 1 nitrogen and oxygen atoms in total. The highest BCUT2D eigenvalue weighted by molar-refractivity contribution is 7.17. The van der Waals surface area contributed by atoms with Crippen molar-refractivity contribution < 1.29 is 9.50 Å². The quantitative estimate of drug-likeness (QED) is 0.786. The van der Waals surface area contributed by atoms with Crippen LogP contribution in [0.4, 0.5) is 4.39 Å². The lowest BCUT2D eigenvalue weighted by Gasteiger charge is -2.07. The predicted octanol–water partition coefficient (Wildman–Crippen LogP) is 3.27. The number of rotatable bonds is 2. The van der Waals surface area contributed by atoms with Gasteiger partial charge in [-0.05, 0) is 28.5 Å². The summed E-state index contributed by atoms with van der Waals surface area (Å²) in [5.41, 5.74) is 1.01. The minimum atomic E-state index is -0.377. The Morgan fingerprint density at radius 1 is 1.43 bits per heavy atom. The van der Waals surface area contributed by atoms with Gasteiger partial charge in [0.25, 0.3) is 0 Å². The number of aliphatic hydroxyl groups is 1. The van der Waals surface area contributed by atoms with Crippen molar-refractivity contribution in [1.29, 1.82) is 0 Å². The summed E-state index contributed by atoms with van der Waals surface area (Å²) < 4.78 is 14.3. The Hall–Kier alpha value is -0.640. The van der Waals surface area contributed by atoms with Crippen LogP contribution in [0.2, 0.25) is 0 Å². The predicted molar refractivity (Wildman–Crippen MR) is 57.3 cm³/mol. The van der Waals surface area contributed by atoms with Crippen molar-refractivity contribution in [1.82, 2.24) is 0 Å². The van der Waals surface area contributed by atoms with Crippen LogP contribution in [0, 0.1) is 5.82 Å². The summed E-state index contributed by atoms with van der Waals surface area (Å²) in [5, 5.41) is 11.9. The lowest BCUT2D eigenvalue weighted by Crippen LogP contribution is -1.96. The average Bonchev–Trinajstić information content (AvgIpc) is 2.62. The molecule has 2 aromatic rings. The molecule has 0 saturated carbocycles. The fourth-order valence-electron chi connectivity index (χ4n) is 1.51. The van der Waals surface area contributed by atoms with E-state index < -0.39 is 0 Å². The van der Waals surface area contributed by atoms with Crippen LogP contribution in [0.25, 0.3) is 10.1 Å². The van der Waals surface area contributed by atoms with Crippen LogP contribution >= 0.6 is 22.9 Å². The number of alkyl halides is 1. The zero-order valence-corrected chi connectivity index (χ0v) is 8.83. The fraction of sp³-hybridized carbons (Fsp3) is 0.200. The van der Waals surface area contributed by atoms with Gasteiger partial charge < -0.3 is 5.11 Å². The molecule has 0 spiro atoms. The van der Waals surface area contributed by atoms with E-state index in [9.17, 15) is 4.39 Å². The molecule has 4 heteroatoms. The fourth-order valence-corrected chi connectivity index (χ4v) is 2.66. The van der Waals surface area contributed by atoms with Crippen molar-refractivity contribution in [3.63, 3.8) is 0 Å². The molecule has 1 N–H and O–H groups in total. The minimum Gasteiger partial charge on any atom is -0.392 e. The highest BCUT2D eigenvalue weighted by atomic mass is 35.5. The molecule has 1 aromatic heterocycles. The third-order valence-corrected chi connectivity index (χ3v) is 3.35. The highest BCUT2D eigenvalue weighted by Gasteiger charge is 2.12. The topological polar surface area (TPSA) is 20.2 Å². The standard InChI is InChI=1S/C10H8ClFOS/c11-4-7-6-1-2-14-10(6)3-9(12)8(7)5-13/h1-3,13H,4-5H2. The monoisotopic (exact) mass is 230 g/mol. The van der Waals surface area contributed by atoms with E-state index in [4.69, 9.17) is 16.7 Å². The number of aliphatic hydroxyl groups excluding tert-OH is 1. The second-order valence-electron chi connectivity index (χ2n) is 2.94. The molecule has 0 aliphatic carbocycles. The van der Waals surface area contributed by atoms with Crippen molar-refractivity contribution in [2.75, 3.05) is 0 Å².